The van der Waals surface area contributed by atoms with Crippen LogP contribution >= 0.6 is 0 Å². The van der Waals surface area contributed by atoms with Crippen molar-refractivity contribution in [2.45, 2.75) is 39.3 Å². The average Bonchev–Trinajstić information content (AvgIpc) is 2.47. The van der Waals surface area contributed by atoms with Crippen LogP contribution in [-0.2, 0) is 4.74 Å². The zero-order chi connectivity index (χ0) is 15.1. The first kappa shape index (κ1) is 16.5. The van der Waals surface area contributed by atoms with E-state index in [0.717, 1.165) is 45.2 Å². The van der Waals surface area contributed by atoms with Crippen molar-refractivity contribution in [2.24, 2.45) is 5.92 Å². The first-order valence-electron chi connectivity index (χ1n) is 8.27. The van der Waals surface area contributed by atoms with Gasteiger partial charge in [0.2, 0.25) is 0 Å². The van der Waals surface area contributed by atoms with Crippen molar-refractivity contribution in [1.82, 2.24) is 10.2 Å². The summed E-state index contributed by atoms with van der Waals surface area (Å²) in [5, 5.41) is 3.59. The van der Waals surface area contributed by atoms with Gasteiger partial charge < -0.3 is 10.1 Å². The smallest absolute Gasteiger partial charge is 0.0593 e. The normalized spacial score (nSPS) is 23.6. The molecule has 1 saturated heterocycles. The highest BCUT2D eigenvalue weighted by Gasteiger charge is 2.26. The Hall–Kier alpha value is -0.900. The molecule has 1 aromatic rings. The molecule has 0 amide bonds. The van der Waals surface area contributed by atoms with Crippen LogP contribution < -0.4 is 5.32 Å². The van der Waals surface area contributed by atoms with Crippen molar-refractivity contribution in [3.8, 4) is 0 Å². The quantitative estimate of drug-likeness (QED) is 0.781. The Morgan fingerprint density at radius 2 is 2.00 bits per heavy atom. The van der Waals surface area contributed by atoms with E-state index in [1.807, 2.05) is 0 Å². The fourth-order valence-electron chi connectivity index (χ4n) is 2.84. The van der Waals surface area contributed by atoms with Crippen LogP contribution in [0.1, 0.15) is 38.8 Å². The summed E-state index contributed by atoms with van der Waals surface area (Å²) in [6, 6.07) is 11.8. The first-order valence-corrected chi connectivity index (χ1v) is 8.27. The molecule has 21 heavy (non-hydrogen) atoms. The molecule has 1 aromatic carbocycles. The van der Waals surface area contributed by atoms with E-state index in [1.54, 1.807) is 0 Å². The van der Waals surface area contributed by atoms with Gasteiger partial charge in [-0.25, -0.2) is 0 Å². The van der Waals surface area contributed by atoms with Gasteiger partial charge >= 0.3 is 0 Å². The number of hydrogen-bond donors (Lipinski definition) is 1. The van der Waals surface area contributed by atoms with Gasteiger partial charge in [0.05, 0.1) is 6.61 Å². The summed E-state index contributed by atoms with van der Waals surface area (Å²) in [5.41, 5.74) is 1.40. The summed E-state index contributed by atoms with van der Waals surface area (Å²) in [6.07, 6.45) is 1.15. The van der Waals surface area contributed by atoms with Gasteiger partial charge in [-0.1, -0.05) is 44.2 Å². The molecule has 3 heteroatoms. The number of hydrogen-bond acceptors (Lipinski definition) is 3. The van der Waals surface area contributed by atoms with Crippen LogP contribution in [-0.4, -0.2) is 43.8 Å². The highest BCUT2D eigenvalue weighted by atomic mass is 16.5. The zero-order valence-corrected chi connectivity index (χ0v) is 13.7. The van der Waals surface area contributed by atoms with Crippen LogP contribution in [0.2, 0.25) is 0 Å². The van der Waals surface area contributed by atoms with Crippen molar-refractivity contribution in [1.29, 1.82) is 0 Å². The Balaban J connectivity index is 1.84. The van der Waals surface area contributed by atoms with Crippen molar-refractivity contribution in [3.05, 3.63) is 35.9 Å². The topological polar surface area (TPSA) is 24.5 Å². The third-order valence-corrected chi connectivity index (χ3v) is 4.16. The third kappa shape index (κ3) is 5.42. The Morgan fingerprint density at radius 3 is 2.71 bits per heavy atom. The number of nitrogens with one attached hydrogen (secondary N) is 1. The number of piperazine rings is 1. The maximum Gasteiger partial charge on any atom is 0.0593 e. The van der Waals surface area contributed by atoms with Gasteiger partial charge in [0, 0.05) is 38.3 Å². The van der Waals surface area contributed by atoms with Crippen LogP contribution in [0, 0.1) is 5.92 Å². The van der Waals surface area contributed by atoms with Gasteiger partial charge in [0.25, 0.3) is 0 Å². The SMILES string of the molecule is CC(C)CCOCCN1CC(C)NCC1c1ccccc1. The molecule has 1 N–H and O–H groups in total. The molecule has 0 spiro atoms. The van der Waals surface area contributed by atoms with E-state index in [2.05, 4.69) is 61.3 Å². The van der Waals surface area contributed by atoms with E-state index in [-0.39, 0.29) is 0 Å². The lowest BCUT2D eigenvalue weighted by molar-refractivity contribution is 0.0631. The molecule has 2 rings (SSSR count). The molecule has 2 unspecified atom stereocenters. The summed E-state index contributed by atoms with van der Waals surface area (Å²) in [5.74, 6) is 0.723. The van der Waals surface area contributed by atoms with Gasteiger partial charge in [-0.15, -0.1) is 0 Å². The predicted molar refractivity (Wildman–Crippen MR) is 88.5 cm³/mol. The van der Waals surface area contributed by atoms with Crippen LogP contribution in [0.3, 0.4) is 0 Å². The first-order chi connectivity index (χ1) is 10.2. The molecule has 0 bridgehead atoms. The van der Waals surface area contributed by atoms with Crippen molar-refractivity contribution in [2.75, 3.05) is 32.8 Å². The molecule has 1 heterocycles. The number of nitrogens with zero attached hydrogens (tertiary/aromatic N) is 1. The van der Waals surface area contributed by atoms with Crippen LogP contribution in [0.5, 0.6) is 0 Å². The average molecular weight is 290 g/mol. The fourth-order valence-corrected chi connectivity index (χ4v) is 2.84. The Kier molecular flexibility index (Phi) is 6.68. The van der Waals surface area contributed by atoms with Crippen molar-refractivity contribution in [3.63, 3.8) is 0 Å². The third-order valence-electron chi connectivity index (χ3n) is 4.16. The molecule has 0 radical (unpaired) electrons. The summed E-state index contributed by atoms with van der Waals surface area (Å²) < 4.78 is 5.80. The predicted octanol–water partition coefficient (Wildman–Crippen LogP) is 3.08. The molecule has 1 fully saturated rings. The molecule has 0 saturated carbocycles. The largest absolute Gasteiger partial charge is 0.380 e. The lowest BCUT2D eigenvalue weighted by Gasteiger charge is -2.39. The molecular weight excluding hydrogens is 260 g/mol. The second-order valence-electron chi connectivity index (χ2n) is 6.53. The molecule has 118 valence electrons. The highest BCUT2D eigenvalue weighted by molar-refractivity contribution is 5.20. The molecule has 0 aliphatic carbocycles. The van der Waals surface area contributed by atoms with Gasteiger partial charge in [0.15, 0.2) is 0 Å². The van der Waals surface area contributed by atoms with Crippen LogP contribution in [0.15, 0.2) is 30.3 Å². The summed E-state index contributed by atoms with van der Waals surface area (Å²) in [4.78, 5) is 2.56. The van der Waals surface area contributed by atoms with Gasteiger partial charge in [0.1, 0.15) is 0 Å². The maximum atomic E-state index is 5.80. The van der Waals surface area contributed by atoms with Gasteiger partial charge in [-0.2, -0.15) is 0 Å². The Bertz CT molecular complexity index is 393. The monoisotopic (exact) mass is 290 g/mol. The van der Waals surface area contributed by atoms with E-state index < -0.39 is 0 Å². The van der Waals surface area contributed by atoms with Gasteiger partial charge in [-0.05, 0) is 24.8 Å². The van der Waals surface area contributed by atoms with E-state index in [4.69, 9.17) is 4.74 Å². The Morgan fingerprint density at radius 1 is 1.24 bits per heavy atom. The maximum absolute atomic E-state index is 5.80. The zero-order valence-electron chi connectivity index (χ0n) is 13.7. The lowest BCUT2D eigenvalue weighted by atomic mass is 10.0. The molecule has 3 nitrogen and oxygen atoms in total. The molecule has 1 aliphatic heterocycles. The number of ether oxygens (including phenoxy) is 1. The summed E-state index contributed by atoms with van der Waals surface area (Å²) in [7, 11) is 0. The highest BCUT2D eigenvalue weighted by Crippen LogP contribution is 2.23. The number of rotatable bonds is 7. The standard InChI is InChI=1S/C18H30N2O/c1-15(2)9-11-21-12-10-20-14-16(3)19-13-18(20)17-7-5-4-6-8-17/h4-8,15-16,18-19H,9-14H2,1-3H3. The van der Waals surface area contributed by atoms with Crippen LogP contribution in [0.25, 0.3) is 0 Å². The second kappa shape index (κ2) is 8.52. The van der Waals surface area contributed by atoms with Gasteiger partial charge in [-0.3, -0.25) is 4.90 Å². The minimum Gasteiger partial charge on any atom is -0.380 e. The second-order valence-corrected chi connectivity index (χ2v) is 6.53. The van der Waals surface area contributed by atoms with E-state index in [1.165, 1.54) is 5.56 Å². The number of benzene rings is 1. The van der Waals surface area contributed by atoms with Crippen molar-refractivity contribution < 1.29 is 4.74 Å². The van der Waals surface area contributed by atoms with E-state index >= 15 is 0 Å². The molecule has 0 aromatic heterocycles. The van der Waals surface area contributed by atoms with Crippen molar-refractivity contribution >= 4 is 0 Å². The molecular formula is C18H30N2O. The minimum atomic E-state index is 0.469. The fraction of sp³-hybridized carbons (Fsp3) is 0.667. The Labute approximate surface area is 129 Å². The molecule has 1 aliphatic rings. The minimum absolute atomic E-state index is 0.469. The molecule has 2 atom stereocenters. The van der Waals surface area contributed by atoms with E-state index in [9.17, 15) is 0 Å². The van der Waals surface area contributed by atoms with E-state index in [0.29, 0.717) is 12.1 Å². The van der Waals surface area contributed by atoms with Crippen LogP contribution in [0.4, 0.5) is 0 Å². The lowest BCUT2D eigenvalue weighted by Crippen LogP contribution is -2.51. The summed E-state index contributed by atoms with van der Waals surface area (Å²) in [6.45, 7) is 11.6. The summed E-state index contributed by atoms with van der Waals surface area (Å²) >= 11 is 0.